The van der Waals surface area contributed by atoms with E-state index in [2.05, 4.69) is 10.0 Å². The Bertz CT molecular complexity index is 1160. The zero-order valence-electron chi connectivity index (χ0n) is 18.8. The fraction of sp³-hybridized carbons (Fsp3) is 0.391. The van der Waals surface area contributed by atoms with Gasteiger partial charge in [0.15, 0.2) is 11.5 Å². The number of hydrogen-bond donors (Lipinski definition) is 2. The first-order valence-corrected chi connectivity index (χ1v) is 12.6. The third-order valence-corrected chi connectivity index (χ3v) is 6.96. The van der Waals surface area contributed by atoms with Crippen molar-refractivity contribution in [1.82, 2.24) is 10.2 Å². The molecule has 0 unspecified atom stereocenters. The topological polar surface area (TPSA) is 123 Å². The maximum absolute atomic E-state index is 13.0. The van der Waals surface area contributed by atoms with Gasteiger partial charge in [-0.25, -0.2) is 13.2 Å². The molecule has 0 bridgehead atoms. The van der Waals surface area contributed by atoms with E-state index in [0.717, 1.165) is 0 Å². The van der Waals surface area contributed by atoms with Gasteiger partial charge in [0, 0.05) is 25.2 Å². The number of nitrogens with one attached hydrogen (secondary N) is 2. The predicted octanol–water partition coefficient (Wildman–Crippen LogP) is 2.61. The highest BCUT2D eigenvalue weighted by molar-refractivity contribution is 7.92. The summed E-state index contributed by atoms with van der Waals surface area (Å²) < 4.78 is 44.5. The van der Waals surface area contributed by atoms with Crippen LogP contribution in [-0.2, 0) is 14.8 Å². The lowest BCUT2D eigenvalue weighted by molar-refractivity contribution is 0.0860. The first kappa shape index (κ1) is 23.7. The highest BCUT2D eigenvalue weighted by Gasteiger charge is 2.26. The summed E-state index contributed by atoms with van der Waals surface area (Å²) >= 11 is 0. The number of fused-ring (bicyclic) bond motifs is 1. The quantitative estimate of drug-likeness (QED) is 0.639. The molecule has 2 aliphatic rings. The minimum Gasteiger partial charge on any atom is -0.486 e. The number of carbonyl (C=O) groups excluding carboxylic acids is 2. The van der Waals surface area contributed by atoms with Crippen molar-refractivity contribution in [3.05, 3.63) is 48.0 Å². The molecule has 1 saturated heterocycles. The van der Waals surface area contributed by atoms with Gasteiger partial charge >= 0.3 is 6.09 Å². The number of benzene rings is 2. The van der Waals surface area contributed by atoms with E-state index in [4.69, 9.17) is 14.2 Å². The molecule has 0 atom stereocenters. The van der Waals surface area contributed by atoms with Crippen LogP contribution in [0.3, 0.4) is 0 Å². The Hall–Kier alpha value is -3.47. The second-order valence-corrected chi connectivity index (χ2v) is 9.57. The molecule has 182 valence electrons. The number of anilines is 1. The van der Waals surface area contributed by atoms with Gasteiger partial charge in [0.25, 0.3) is 15.9 Å². The van der Waals surface area contributed by atoms with Crippen molar-refractivity contribution < 1.29 is 32.2 Å². The molecule has 1 fully saturated rings. The van der Waals surface area contributed by atoms with Gasteiger partial charge in [-0.15, -0.1) is 0 Å². The Morgan fingerprint density at radius 3 is 2.50 bits per heavy atom. The van der Waals surface area contributed by atoms with Crippen LogP contribution in [-0.4, -0.2) is 64.3 Å². The van der Waals surface area contributed by atoms with Gasteiger partial charge < -0.3 is 24.4 Å². The lowest BCUT2D eigenvalue weighted by Crippen LogP contribution is -2.46. The van der Waals surface area contributed by atoms with Crippen LogP contribution < -0.4 is 19.5 Å². The average Bonchev–Trinajstić information content (AvgIpc) is 2.84. The summed E-state index contributed by atoms with van der Waals surface area (Å²) in [5, 5.41) is 2.94. The summed E-state index contributed by atoms with van der Waals surface area (Å²) in [7, 11) is -3.98. The molecule has 0 spiro atoms. The van der Waals surface area contributed by atoms with Crippen LogP contribution in [0.5, 0.6) is 11.5 Å². The van der Waals surface area contributed by atoms with Gasteiger partial charge in [-0.05, 0) is 44.0 Å². The van der Waals surface area contributed by atoms with Crippen LogP contribution in [0.25, 0.3) is 0 Å². The molecule has 2 aromatic carbocycles. The highest BCUT2D eigenvalue weighted by Crippen LogP contribution is 2.33. The minimum atomic E-state index is -3.98. The monoisotopic (exact) mass is 489 g/mol. The molecular weight excluding hydrogens is 462 g/mol. The van der Waals surface area contributed by atoms with Crippen LogP contribution in [0.4, 0.5) is 10.5 Å². The Morgan fingerprint density at radius 1 is 1.06 bits per heavy atom. The van der Waals surface area contributed by atoms with Crippen molar-refractivity contribution in [3.63, 3.8) is 0 Å². The molecule has 34 heavy (non-hydrogen) atoms. The number of ether oxygens (including phenoxy) is 3. The van der Waals surface area contributed by atoms with Gasteiger partial charge in [-0.1, -0.05) is 12.1 Å². The molecule has 2 heterocycles. The van der Waals surface area contributed by atoms with Crippen molar-refractivity contribution in [2.45, 2.75) is 30.7 Å². The summed E-state index contributed by atoms with van der Waals surface area (Å²) in [6.45, 7) is 3.76. The van der Waals surface area contributed by atoms with E-state index in [9.17, 15) is 18.0 Å². The van der Waals surface area contributed by atoms with E-state index >= 15 is 0 Å². The molecule has 2 aliphatic heterocycles. The zero-order valence-corrected chi connectivity index (χ0v) is 19.6. The lowest BCUT2D eigenvalue weighted by Gasteiger charge is -2.31. The Balaban J connectivity index is 1.44. The summed E-state index contributed by atoms with van der Waals surface area (Å²) in [6.07, 6.45) is 0.803. The Labute approximate surface area is 198 Å². The van der Waals surface area contributed by atoms with Crippen molar-refractivity contribution in [3.8, 4) is 11.5 Å². The molecule has 2 N–H and O–H groups in total. The number of rotatable bonds is 6. The summed E-state index contributed by atoms with van der Waals surface area (Å²) in [5.41, 5.74) is 0.371. The summed E-state index contributed by atoms with van der Waals surface area (Å²) in [5.74, 6) is 0.448. The Morgan fingerprint density at radius 2 is 1.76 bits per heavy atom. The number of piperidine rings is 1. The van der Waals surface area contributed by atoms with E-state index in [1.54, 1.807) is 36.1 Å². The maximum Gasteiger partial charge on any atom is 0.409 e. The largest absolute Gasteiger partial charge is 0.486 e. The Kier molecular flexibility index (Phi) is 7.11. The zero-order chi connectivity index (χ0) is 24.1. The van der Waals surface area contributed by atoms with Crippen LogP contribution in [0.1, 0.15) is 30.1 Å². The van der Waals surface area contributed by atoms with E-state index in [1.165, 1.54) is 18.2 Å². The molecular formula is C23H27N3O7S. The van der Waals surface area contributed by atoms with Crippen LogP contribution in [0, 0.1) is 0 Å². The fourth-order valence-electron chi connectivity index (χ4n) is 3.85. The van der Waals surface area contributed by atoms with Gasteiger partial charge in [-0.2, -0.15) is 0 Å². The SMILES string of the molecule is CCOC(=O)N1CCC(NC(=O)c2ccccc2NS(=O)(=O)c2ccc3c(c2)OCCO3)CC1. The first-order chi connectivity index (χ1) is 16.4. The molecule has 11 heteroatoms. The number of nitrogens with zero attached hydrogens (tertiary/aromatic N) is 1. The highest BCUT2D eigenvalue weighted by atomic mass is 32.2. The number of amides is 2. The maximum atomic E-state index is 13.0. The number of para-hydroxylation sites is 1. The first-order valence-electron chi connectivity index (χ1n) is 11.1. The molecule has 4 rings (SSSR count). The second kappa shape index (κ2) is 10.2. The number of hydrogen-bond acceptors (Lipinski definition) is 7. The minimum absolute atomic E-state index is 0.00158. The van der Waals surface area contributed by atoms with E-state index in [0.29, 0.717) is 57.3 Å². The van der Waals surface area contributed by atoms with Crippen LogP contribution >= 0.6 is 0 Å². The van der Waals surface area contributed by atoms with Gasteiger partial charge in [-0.3, -0.25) is 9.52 Å². The van der Waals surface area contributed by atoms with Gasteiger partial charge in [0.05, 0.1) is 22.8 Å². The lowest BCUT2D eigenvalue weighted by atomic mass is 10.0. The second-order valence-electron chi connectivity index (χ2n) is 7.89. The predicted molar refractivity (Wildman–Crippen MR) is 124 cm³/mol. The smallest absolute Gasteiger partial charge is 0.409 e. The standard InChI is InChI=1S/C23H27N3O7S/c1-2-31-23(28)26-11-9-16(10-12-26)24-22(27)18-5-3-4-6-19(18)25-34(29,30)17-7-8-20-21(15-17)33-14-13-32-20/h3-8,15-16,25H,2,9-14H2,1H3,(H,24,27). The van der Waals surface area contributed by atoms with E-state index < -0.39 is 15.9 Å². The van der Waals surface area contributed by atoms with Crippen molar-refractivity contribution in [2.75, 3.05) is 37.6 Å². The molecule has 0 saturated carbocycles. The fourth-order valence-corrected chi connectivity index (χ4v) is 4.94. The number of likely N-dealkylation sites (tertiary alicyclic amines) is 1. The van der Waals surface area contributed by atoms with Crippen LogP contribution in [0.15, 0.2) is 47.4 Å². The van der Waals surface area contributed by atoms with Gasteiger partial charge in [0.2, 0.25) is 0 Å². The normalized spacial score (nSPS) is 16.0. The number of sulfonamides is 1. The van der Waals surface area contributed by atoms with E-state index in [-0.39, 0.29) is 28.3 Å². The van der Waals surface area contributed by atoms with Crippen molar-refractivity contribution >= 4 is 27.7 Å². The third kappa shape index (κ3) is 5.36. The molecule has 2 aromatic rings. The van der Waals surface area contributed by atoms with Crippen LogP contribution in [0.2, 0.25) is 0 Å². The van der Waals surface area contributed by atoms with E-state index in [1.807, 2.05) is 0 Å². The molecule has 0 radical (unpaired) electrons. The van der Waals surface area contributed by atoms with Gasteiger partial charge in [0.1, 0.15) is 13.2 Å². The number of carbonyl (C=O) groups is 2. The molecule has 0 aromatic heterocycles. The molecule has 2 amide bonds. The summed E-state index contributed by atoms with van der Waals surface area (Å²) in [4.78, 5) is 26.4. The summed E-state index contributed by atoms with van der Waals surface area (Å²) in [6, 6.07) is 10.6. The average molecular weight is 490 g/mol. The third-order valence-electron chi connectivity index (χ3n) is 5.60. The molecule has 10 nitrogen and oxygen atoms in total. The molecule has 0 aliphatic carbocycles. The van der Waals surface area contributed by atoms with Crippen molar-refractivity contribution in [1.29, 1.82) is 0 Å². The van der Waals surface area contributed by atoms with Crippen molar-refractivity contribution in [2.24, 2.45) is 0 Å².